The van der Waals surface area contributed by atoms with Gasteiger partial charge in [0.15, 0.2) is 0 Å². The molecule has 5 heteroatoms. The molecule has 0 aliphatic heterocycles. The number of H-pyrrole nitrogens is 1. The van der Waals surface area contributed by atoms with Crippen molar-refractivity contribution >= 4 is 5.91 Å². The first-order valence-electron chi connectivity index (χ1n) is 10.1. The molecule has 1 aromatic heterocycles. The second kappa shape index (κ2) is 7.48. The number of aromatic nitrogens is 1. The van der Waals surface area contributed by atoms with Gasteiger partial charge in [0, 0.05) is 23.2 Å². The van der Waals surface area contributed by atoms with Crippen molar-refractivity contribution in [2.45, 2.75) is 44.7 Å². The van der Waals surface area contributed by atoms with Gasteiger partial charge in [0.1, 0.15) is 0 Å². The first kappa shape index (κ1) is 19.4. The lowest BCUT2D eigenvalue weighted by Gasteiger charge is -2.48. The Morgan fingerprint density at radius 2 is 2.07 bits per heavy atom. The largest absolute Gasteiger partial charge is 0.341 e. The number of carbonyl (C=O) groups excluding carboxylic acids is 1. The number of carbonyl (C=O) groups is 1. The fourth-order valence-electron chi connectivity index (χ4n) is 4.95. The quantitative estimate of drug-likeness (QED) is 0.703. The normalized spacial score (nSPS) is 25.1. The molecule has 1 heterocycles. The maximum Gasteiger partial charge on any atom is 0.248 e. The molecular formula is C24H27N3O2. The highest BCUT2D eigenvalue weighted by Crippen LogP contribution is 2.49. The Hall–Kier alpha value is -2.92. The summed E-state index contributed by atoms with van der Waals surface area (Å²) in [7, 11) is 0. The molecule has 1 amide bonds. The van der Waals surface area contributed by atoms with E-state index < -0.39 is 11.6 Å². The number of pyridine rings is 1. The molecule has 2 aromatic rings. The second-order valence-corrected chi connectivity index (χ2v) is 8.15. The molecule has 5 nitrogen and oxygen atoms in total. The van der Waals surface area contributed by atoms with Crippen molar-refractivity contribution in [2.75, 3.05) is 0 Å². The molecule has 0 saturated heterocycles. The van der Waals surface area contributed by atoms with E-state index in [-0.39, 0.29) is 17.4 Å². The van der Waals surface area contributed by atoms with Crippen LogP contribution in [-0.2, 0) is 23.2 Å². The minimum absolute atomic E-state index is 0.117. The highest BCUT2D eigenvalue weighted by molar-refractivity contribution is 5.83. The summed E-state index contributed by atoms with van der Waals surface area (Å²) in [6.07, 6.45) is 6.23. The summed E-state index contributed by atoms with van der Waals surface area (Å²) >= 11 is 0. The van der Waals surface area contributed by atoms with Gasteiger partial charge in [-0.05, 0) is 50.3 Å². The fourth-order valence-corrected chi connectivity index (χ4v) is 4.95. The Kier molecular flexibility index (Phi) is 5.01. The molecule has 0 spiro atoms. The van der Waals surface area contributed by atoms with E-state index >= 15 is 0 Å². The van der Waals surface area contributed by atoms with Gasteiger partial charge in [0.25, 0.3) is 0 Å². The van der Waals surface area contributed by atoms with Crippen molar-refractivity contribution in [1.29, 1.82) is 0 Å². The van der Waals surface area contributed by atoms with Gasteiger partial charge in [-0.25, -0.2) is 0 Å². The fraction of sp³-hybridized carbons (Fsp3) is 0.333. The van der Waals surface area contributed by atoms with Crippen LogP contribution in [0.25, 0.3) is 0 Å². The van der Waals surface area contributed by atoms with Crippen LogP contribution >= 0.6 is 0 Å². The molecule has 4 rings (SSSR count). The number of hydrogen-bond acceptors (Lipinski definition) is 3. The molecule has 2 aliphatic rings. The van der Waals surface area contributed by atoms with Crippen LogP contribution in [0.5, 0.6) is 0 Å². The van der Waals surface area contributed by atoms with Crippen LogP contribution in [0, 0.1) is 5.92 Å². The standard InChI is InChI=1S/C24H27N3O2/c1-3-18-17-11-15(2)14-24(18,19-9-10-22(28)26-21(19)13-17)27-23(29)20(25)12-16-7-5-4-6-8-16/h3-11,17,20H,12-14,25H2,1-2H3,(H,26,28)(H,27,29)/b18-3+. The van der Waals surface area contributed by atoms with E-state index in [9.17, 15) is 9.59 Å². The van der Waals surface area contributed by atoms with Crippen molar-refractivity contribution < 1.29 is 4.79 Å². The van der Waals surface area contributed by atoms with Gasteiger partial charge in [0.2, 0.25) is 11.5 Å². The average molecular weight is 389 g/mol. The van der Waals surface area contributed by atoms with Gasteiger partial charge in [-0.15, -0.1) is 0 Å². The Morgan fingerprint density at radius 3 is 2.79 bits per heavy atom. The number of amides is 1. The van der Waals surface area contributed by atoms with Gasteiger partial charge in [-0.2, -0.15) is 0 Å². The summed E-state index contributed by atoms with van der Waals surface area (Å²) in [5.74, 6) is -0.0225. The SMILES string of the molecule is C/C=C1\C2C=C(C)CC1(NC(=O)C(N)Cc1ccccc1)c1ccc(=O)[nH]c1C2. The number of hydrogen-bond donors (Lipinski definition) is 3. The van der Waals surface area contributed by atoms with E-state index in [0.717, 1.165) is 23.2 Å². The van der Waals surface area contributed by atoms with Gasteiger partial charge in [-0.1, -0.05) is 48.1 Å². The van der Waals surface area contributed by atoms with E-state index in [1.807, 2.05) is 43.3 Å². The number of aromatic amines is 1. The van der Waals surface area contributed by atoms with Crippen molar-refractivity contribution in [3.63, 3.8) is 0 Å². The number of fused-ring (bicyclic) bond motifs is 4. The number of rotatable bonds is 4. The lowest BCUT2D eigenvalue weighted by Crippen LogP contribution is -2.57. The van der Waals surface area contributed by atoms with Crippen LogP contribution in [0.4, 0.5) is 0 Å². The van der Waals surface area contributed by atoms with Gasteiger partial charge >= 0.3 is 0 Å². The van der Waals surface area contributed by atoms with Crippen LogP contribution < -0.4 is 16.6 Å². The monoisotopic (exact) mass is 389 g/mol. The van der Waals surface area contributed by atoms with Crippen molar-refractivity contribution in [1.82, 2.24) is 10.3 Å². The zero-order valence-corrected chi connectivity index (χ0v) is 16.9. The smallest absolute Gasteiger partial charge is 0.248 e. The average Bonchev–Trinajstić information content (AvgIpc) is 2.67. The predicted molar refractivity (Wildman–Crippen MR) is 114 cm³/mol. The number of allylic oxidation sites excluding steroid dienone is 2. The maximum absolute atomic E-state index is 13.2. The minimum Gasteiger partial charge on any atom is -0.341 e. The van der Waals surface area contributed by atoms with E-state index in [1.165, 1.54) is 17.2 Å². The number of nitrogens with one attached hydrogen (secondary N) is 2. The molecule has 2 bridgehead atoms. The molecule has 1 aromatic carbocycles. The summed E-state index contributed by atoms with van der Waals surface area (Å²) in [6, 6.07) is 12.5. The van der Waals surface area contributed by atoms with E-state index in [1.54, 1.807) is 0 Å². The Balaban J connectivity index is 1.72. The second-order valence-electron chi connectivity index (χ2n) is 8.15. The molecule has 0 saturated carbocycles. The van der Waals surface area contributed by atoms with Crippen molar-refractivity contribution in [3.05, 3.63) is 92.9 Å². The summed E-state index contributed by atoms with van der Waals surface area (Å²) in [5.41, 5.74) is 10.8. The first-order chi connectivity index (χ1) is 13.9. The Bertz CT molecular complexity index is 1050. The topological polar surface area (TPSA) is 88.0 Å². The molecule has 29 heavy (non-hydrogen) atoms. The summed E-state index contributed by atoms with van der Waals surface area (Å²) in [4.78, 5) is 28.1. The molecule has 2 aliphatic carbocycles. The highest BCUT2D eigenvalue weighted by atomic mass is 16.2. The van der Waals surface area contributed by atoms with Crippen LogP contribution in [0.1, 0.15) is 37.1 Å². The zero-order valence-electron chi connectivity index (χ0n) is 16.9. The summed E-state index contributed by atoms with van der Waals surface area (Å²) in [6.45, 7) is 4.11. The number of nitrogens with two attached hydrogens (primary N) is 1. The molecule has 150 valence electrons. The first-order valence-corrected chi connectivity index (χ1v) is 10.1. The van der Waals surface area contributed by atoms with Crippen molar-refractivity contribution in [2.24, 2.45) is 11.7 Å². The van der Waals surface area contributed by atoms with E-state index in [0.29, 0.717) is 12.8 Å². The maximum atomic E-state index is 13.2. The van der Waals surface area contributed by atoms with E-state index in [2.05, 4.69) is 29.4 Å². The summed E-state index contributed by atoms with van der Waals surface area (Å²) < 4.78 is 0. The molecule has 0 fully saturated rings. The molecule has 3 unspecified atom stereocenters. The molecule has 0 radical (unpaired) electrons. The lowest BCUT2D eigenvalue weighted by molar-refractivity contribution is -0.124. The third-order valence-corrected chi connectivity index (χ3v) is 6.09. The molecular weight excluding hydrogens is 362 g/mol. The Labute approximate surface area is 170 Å². The molecule has 4 N–H and O–H groups in total. The number of benzene rings is 1. The summed E-state index contributed by atoms with van der Waals surface area (Å²) in [5, 5.41) is 3.30. The minimum atomic E-state index is -0.665. The van der Waals surface area contributed by atoms with Gasteiger partial charge < -0.3 is 16.0 Å². The highest BCUT2D eigenvalue weighted by Gasteiger charge is 2.48. The lowest BCUT2D eigenvalue weighted by atomic mass is 9.63. The third kappa shape index (κ3) is 3.47. The van der Waals surface area contributed by atoms with E-state index in [4.69, 9.17) is 5.73 Å². The Morgan fingerprint density at radius 1 is 1.31 bits per heavy atom. The molecule has 3 atom stereocenters. The van der Waals surface area contributed by atoms with Crippen LogP contribution in [0.2, 0.25) is 0 Å². The van der Waals surface area contributed by atoms with Gasteiger partial charge in [0.05, 0.1) is 11.6 Å². The van der Waals surface area contributed by atoms with Crippen LogP contribution in [0.15, 0.2) is 70.6 Å². The van der Waals surface area contributed by atoms with Crippen LogP contribution in [0.3, 0.4) is 0 Å². The third-order valence-electron chi connectivity index (χ3n) is 6.09. The zero-order chi connectivity index (χ0) is 20.6. The van der Waals surface area contributed by atoms with Crippen LogP contribution in [-0.4, -0.2) is 16.9 Å². The van der Waals surface area contributed by atoms with Crippen molar-refractivity contribution in [3.8, 4) is 0 Å². The van der Waals surface area contributed by atoms with Gasteiger partial charge in [-0.3, -0.25) is 9.59 Å². The predicted octanol–water partition coefficient (Wildman–Crippen LogP) is 2.73.